The summed E-state index contributed by atoms with van der Waals surface area (Å²) in [6, 6.07) is 0. The first-order chi connectivity index (χ1) is 10.0. The molecule has 0 saturated carbocycles. The third-order valence-electron chi connectivity index (χ3n) is 4.04. The van der Waals surface area contributed by atoms with Crippen LogP contribution in [0.1, 0.15) is 41.0 Å². The van der Waals surface area contributed by atoms with Crippen molar-refractivity contribution in [1.29, 1.82) is 0 Å². The van der Waals surface area contributed by atoms with Gasteiger partial charge in [0.1, 0.15) is 0 Å². The molecule has 0 aliphatic heterocycles. The van der Waals surface area contributed by atoms with Crippen LogP contribution < -0.4 is 0 Å². The van der Waals surface area contributed by atoms with Gasteiger partial charge in [0.25, 0.3) is 5.60 Å². The van der Waals surface area contributed by atoms with E-state index in [9.17, 15) is 36.2 Å². The molecule has 0 rings (SSSR count). The van der Waals surface area contributed by atoms with Crippen molar-refractivity contribution < 1.29 is 41.0 Å². The van der Waals surface area contributed by atoms with E-state index < -0.39 is 47.8 Å². The van der Waals surface area contributed by atoms with Gasteiger partial charge in [0.2, 0.25) is 0 Å². The van der Waals surface area contributed by atoms with Crippen LogP contribution in [0.25, 0.3) is 0 Å². The minimum absolute atomic E-state index is 0.293. The Morgan fingerprint density at radius 3 is 1.70 bits per heavy atom. The Labute approximate surface area is 131 Å². The van der Waals surface area contributed by atoms with Crippen LogP contribution in [0.4, 0.5) is 26.3 Å². The molecule has 0 aromatic carbocycles. The van der Waals surface area contributed by atoms with E-state index in [0.717, 1.165) is 13.8 Å². The molecule has 0 amide bonds. The highest BCUT2D eigenvalue weighted by atomic mass is 19.4. The lowest BCUT2D eigenvalue weighted by molar-refractivity contribution is -0.390. The number of rotatable bonds is 6. The van der Waals surface area contributed by atoms with Crippen molar-refractivity contribution in [1.82, 2.24) is 0 Å². The Bertz CT molecular complexity index is 398. The molecule has 23 heavy (non-hydrogen) atoms. The van der Waals surface area contributed by atoms with Crippen LogP contribution in [0.3, 0.4) is 0 Å². The highest BCUT2D eigenvalue weighted by Crippen LogP contribution is 2.49. The molecule has 1 unspecified atom stereocenters. The maximum absolute atomic E-state index is 12.9. The maximum atomic E-state index is 12.9. The predicted octanol–water partition coefficient (Wildman–Crippen LogP) is 4.09. The SMILES string of the molecule is CCC(C)(C)C(=O)OCC(C(C)C)C(O)(C(F)(F)F)C(F)(F)F. The number of ether oxygens (including phenoxy) is 1. The zero-order valence-electron chi connectivity index (χ0n) is 13.6. The fraction of sp³-hybridized carbons (Fsp3) is 0.929. The van der Waals surface area contributed by atoms with Gasteiger partial charge in [-0.15, -0.1) is 0 Å². The molecule has 1 atom stereocenters. The number of carbonyl (C=O) groups excluding carboxylic acids is 1. The molecule has 9 heteroatoms. The van der Waals surface area contributed by atoms with E-state index >= 15 is 0 Å². The summed E-state index contributed by atoms with van der Waals surface area (Å²) >= 11 is 0. The number of alkyl halides is 6. The standard InChI is InChI=1S/C14H22F6O3/c1-6-11(4,5)10(21)23-7-9(8(2)3)12(22,13(15,16)17)14(18,19)20/h8-9,22H,6-7H2,1-5H3. The molecule has 0 saturated heterocycles. The Hall–Kier alpha value is -0.990. The number of carbonyl (C=O) groups is 1. The lowest BCUT2D eigenvalue weighted by Gasteiger charge is -2.40. The quantitative estimate of drug-likeness (QED) is 0.578. The topological polar surface area (TPSA) is 46.5 Å². The first-order valence-electron chi connectivity index (χ1n) is 7.05. The van der Waals surface area contributed by atoms with Gasteiger partial charge in [-0.1, -0.05) is 20.8 Å². The Balaban J connectivity index is 5.59. The third kappa shape index (κ3) is 4.51. The molecular formula is C14H22F6O3. The van der Waals surface area contributed by atoms with Crippen LogP contribution in [-0.2, 0) is 9.53 Å². The fourth-order valence-corrected chi connectivity index (χ4v) is 1.88. The molecule has 0 aromatic heterocycles. The lowest BCUT2D eigenvalue weighted by Crippen LogP contribution is -2.64. The molecule has 0 fully saturated rings. The maximum Gasteiger partial charge on any atom is 0.426 e. The van der Waals surface area contributed by atoms with Gasteiger partial charge in [0.05, 0.1) is 12.0 Å². The van der Waals surface area contributed by atoms with E-state index in [1.165, 1.54) is 13.8 Å². The second-order valence-corrected chi connectivity index (χ2v) is 6.45. The summed E-state index contributed by atoms with van der Waals surface area (Å²) in [7, 11) is 0. The van der Waals surface area contributed by atoms with Crippen LogP contribution in [0.2, 0.25) is 0 Å². The van der Waals surface area contributed by atoms with Gasteiger partial charge < -0.3 is 9.84 Å². The minimum Gasteiger partial charge on any atom is -0.465 e. The average molecular weight is 352 g/mol. The Morgan fingerprint density at radius 1 is 1.04 bits per heavy atom. The minimum atomic E-state index is -5.95. The van der Waals surface area contributed by atoms with Crippen molar-refractivity contribution in [3.8, 4) is 0 Å². The van der Waals surface area contributed by atoms with Crippen molar-refractivity contribution in [3.05, 3.63) is 0 Å². The lowest BCUT2D eigenvalue weighted by atomic mass is 9.78. The zero-order chi connectivity index (χ0) is 18.9. The largest absolute Gasteiger partial charge is 0.465 e. The second-order valence-electron chi connectivity index (χ2n) is 6.45. The van der Waals surface area contributed by atoms with Gasteiger partial charge in [-0.05, 0) is 26.2 Å². The number of esters is 1. The summed E-state index contributed by atoms with van der Waals surface area (Å²) < 4.78 is 82.2. The van der Waals surface area contributed by atoms with Crippen LogP contribution in [0.15, 0.2) is 0 Å². The van der Waals surface area contributed by atoms with E-state index in [2.05, 4.69) is 4.74 Å². The van der Waals surface area contributed by atoms with Crippen LogP contribution >= 0.6 is 0 Å². The van der Waals surface area contributed by atoms with E-state index in [-0.39, 0.29) is 0 Å². The van der Waals surface area contributed by atoms with Crippen molar-refractivity contribution in [2.24, 2.45) is 17.3 Å². The molecule has 0 aliphatic rings. The first kappa shape index (κ1) is 22.0. The average Bonchev–Trinajstić information content (AvgIpc) is 2.35. The van der Waals surface area contributed by atoms with Crippen molar-refractivity contribution in [2.45, 2.75) is 59.0 Å². The monoisotopic (exact) mass is 352 g/mol. The molecule has 3 nitrogen and oxygen atoms in total. The summed E-state index contributed by atoms with van der Waals surface area (Å²) in [5.41, 5.74) is -6.00. The highest BCUT2D eigenvalue weighted by molar-refractivity contribution is 5.75. The smallest absolute Gasteiger partial charge is 0.426 e. The molecule has 0 radical (unpaired) electrons. The summed E-state index contributed by atoms with van der Waals surface area (Å²) in [5.74, 6) is -4.53. The van der Waals surface area contributed by atoms with Gasteiger partial charge >= 0.3 is 18.3 Å². The van der Waals surface area contributed by atoms with Gasteiger partial charge in [-0.2, -0.15) is 26.3 Å². The number of halogens is 6. The molecule has 0 aliphatic carbocycles. The summed E-state index contributed by atoms with van der Waals surface area (Å²) in [5, 5.41) is 9.45. The summed E-state index contributed by atoms with van der Waals surface area (Å²) in [6.45, 7) is 5.54. The van der Waals surface area contributed by atoms with E-state index in [0.29, 0.717) is 6.42 Å². The van der Waals surface area contributed by atoms with Gasteiger partial charge in [0, 0.05) is 5.92 Å². The molecule has 0 aromatic rings. The molecule has 0 bridgehead atoms. The Morgan fingerprint density at radius 2 is 1.43 bits per heavy atom. The molecule has 1 N–H and O–H groups in total. The fourth-order valence-electron chi connectivity index (χ4n) is 1.88. The first-order valence-corrected chi connectivity index (χ1v) is 7.05. The highest BCUT2D eigenvalue weighted by Gasteiger charge is 2.74. The van der Waals surface area contributed by atoms with Gasteiger partial charge in [0.15, 0.2) is 0 Å². The van der Waals surface area contributed by atoms with Gasteiger partial charge in [-0.25, -0.2) is 0 Å². The van der Waals surface area contributed by atoms with E-state index in [1.807, 2.05) is 0 Å². The van der Waals surface area contributed by atoms with Crippen molar-refractivity contribution in [3.63, 3.8) is 0 Å². The normalized spacial score (nSPS) is 15.7. The number of hydrogen-bond donors (Lipinski definition) is 1. The zero-order valence-corrected chi connectivity index (χ0v) is 13.6. The van der Waals surface area contributed by atoms with Gasteiger partial charge in [-0.3, -0.25) is 4.79 Å². The van der Waals surface area contributed by atoms with Crippen molar-refractivity contribution >= 4 is 5.97 Å². The Kier molecular flexibility index (Phi) is 6.57. The van der Waals surface area contributed by atoms with Crippen LogP contribution in [0, 0.1) is 17.3 Å². The number of hydrogen-bond acceptors (Lipinski definition) is 3. The second kappa shape index (κ2) is 6.86. The van der Waals surface area contributed by atoms with Crippen LogP contribution in [0.5, 0.6) is 0 Å². The molecule has 0 spiro atoms. The third-order valence-corrected chi connectivity index (χ3v) is 4.04. The summed E-state index contributed by atoms with van der Waals surface area (Å²) in [6.07, 6.45) is -11.6. The van der Waals surface area contributed by atoms with E-state index in [4.69, 9.17) is 0 Å². The molecule has 138 valence electrons. The van der Waals surface area contributed by atoms with Crippen LogP contribution in [-0.4, -0.2) is 35.6 Å². The summed E-state index contributed by atoms with van der Waals surface area (Å²) in [4.78, 5) is 11.8. The molecular weight excluding hydrogens is 330 g/mol. The van der Waals surface area contributed by atoms with E-state index in [1.54, 1.807) is 6.92 Å². The number of aliphatic hydroxyl groups is 1. The predicted molar refractivity (Wildman–Crippen MR) is 70.4 cm³/mol. The van der Waals surface area contributed by atoms with Crippen molar-refractivity contribution in [2.75, 3.05) is 6.61 Å². The molecule has 0 heterocycles.